The third kappa shape index (κ3) is 6.98. The molecule has 1 fully saturated rings. The lowest BCUT2D eigenvalue weighted by atomic mass is 10.1. The highest BCUT2D eigenvalue weighted by atomic mass is 127. The number of hydrogen-bond donors (Lipinski definition) is 2. The maximum absolute atomic E-state index is 11.7. The van der Waals surface area contributed by atoms with Crippen molar-refractivity contribution < 1.29 is 14.3 Å². The Bertz CT molecular complexity index is 420. The number of rotatable bonds is 3. The predicted molar refractivity (Wildman–Crippen MR) is 85.3 cm³/mol. The molecule has 20 heavy (non-hydrogen) atoms. The Morgan fingerprint density at radius 1 is 1.35 bits per heavy atom. The van der Waals surface area contributed by atoms with Gasteiger partial charge in [-0.1, -0.05) is 5.92 Å². The summed E-state index contributed by atoms with van der Waals surface area (Å²) in [4.78, 5) is 23.1. The standard InChI is InChI=1S/C14H21IN2O3/c1-14(2,3)17-13(19)20-9-12(18)16-11-5-4-10(8-11)6-7-15/h10-11H,4-5,8-9H2,1-3H3,(H,16,18)(H,17,19). The van der Waals surface area contributed by atoms with Gasteiger partial charge in [0.05, 0.1) is 0 Å². The van der Waals surface area contributed by atoms with Crippen molar-refractivity contribution in [3.63, 3.8) is 0 Å². The first-order chi connectivity index (χ1) is 9.30. The van der Waals surface area contributed by atoms with Crippen molar-refractivity contribution in [2.24, 2.45) is 5.92 Å². The van der Waals surface area contributed by atoms with Gasteiger partial charge in [-0.3, -0.25) is 4.79 Å². The van der Waals surface area contributed by atoms with Crippen LogP contribution in [0.25, 0.3) is 0 Å². The van der Waals surface area contributed by atoms with E-state index in [1.54, 1.807) is 0 Å². The van der Waals surface area contributed by atoms with Crippen molar-refractivity contribution in [2.45, 2.75) is 51.6 Å². The third-order valence-electron chi connectivity index (χ3n) is 2.87. The summed E-state index contributed by atoms with van der Waals surface area (Å²) < 4.78 is 7.75. The highest BCUT2D eigenvalue weighted by Gasteiger charge is 2.25. The summed E-state index contributed by atoms with van der Waals surface area (Å²) in [7, 11) is 0. The molecule has 1 aliphatic rings. The third-order valence-corrected chi connectivity index (χ3v) is 3.18. The van der Waals surface area contributed by atoms with Crippen LogP contribution in [0.1, 0.15) is 40.0 Å². The maximum atomic E-state index is 11.7. The Balaban J connectivity index is 2.24. The SMILES string of the molecule is CC(C)(C)NC(=O)OCC(=O)NC1CCC(C#CI)C1. The van der Waals surface area contributed by atoms with Gasteiger partial charge in [0.25, 0.3) is 5.91 Å². The Morgan fingerprint density at radius 3 is 2.65 bits per heavy atom. The van der Waals surface area contributed by atoms with Crippen LogP contribution in [0, 0.1) is 15.8 Å². The Morgan fingerprint density at radius 2 is 2.05 bits per heavy atom. The highest BCUT2D eigenvalue weighted by Crippen LogP contribution is 2.24. The number of halogens is 1. The molecule has 5 nitrogen and oxygen atoms in total. The van der Waals surface area contributed by atoms with Crippen LogP contribution >= 0.6 is 22.6 Å². The van der Waals surface area contributed by atoms with Gasteiger partial charge < -0.3 is 15.4 Å². The molecule has 0 radical (unpaired) electrons. The van der Waals surface area contributed by atoms with E-state index in [0.717, 1.165) is 19.3 Å². The first-order valence-corrected chi connectivity index (χ1v) is 7.73. The van der Waals surface area contributed by atoms with E-state index < -0.39 is 6.09 Å². The molecule has 0 aromatic heterocycles. The summed E-state index contributed by atoms with van der Waals surface area (Å²) >= 11 is 2.03. The van der Waals surface area contributed by atoms with Crippen LogP contribution in [0.5, 0.6) is 0 Å². The second-order valence-electron chi connectivity index (χ2n) is 5.96. The lowest BCUT2D eigenvalue weighted by molar-refractivity contribution is -0.124. The Hall–Kier alpha value is -0.970. The molecular weight excluding hydrogens is 371 g/mol. The van der Waals surface area contributed by atoms with Crippen molar-refractivity contribution in [2.75, 3.05) is 6.61 Å². The number of amides is 2. The van der Waals surface area contributed by atoms with E-state index in [-0.39, 0.29) is 24.1 Å². The van der Waals surface area contributed by atoms with E-state index in [0.29, 0.717) is 5.92 Å². The van der Waals surface area contributed by atoms with E-state index >= 15 is 0 Å². The van der Waals surface area contributed by atoms with Gasteiger partial charge in [0, 0.05) is 40.1 Å². The molecule has 0 aromatic rings. The topological polar surface area (TPSA) is 67.4 Å². The molecule has 0 saturated heterocycles. The second kappa shape index (κ2) is 7.72. The van der Waals surface area contributed by atoms with Crippen LogP contribution in [0.4, 0.5) is 4.79 Å². The second-order valence-corrected chi connectivity index (χ2v) is 6.50. The highest BCUT2D eigenvalue weighted by molar-refractivity contribution is 14.1. The summed E-state index contributed by atoms with van der Waals surface area (Å²) in [6, 6.07) is 0.138. The molecule has 1 aliphatic carbocycles. The van der Waals surface area contributed by atoms with Crippen LogP contribution in [0.3, 0.4) is 0 Å². The van der Waals surface area contributed by atoms with Gasteiger partial charge in [-0.05, 0) is 44.0 Å². The minimum Gasteiger partial charge on any atom is -0.439 e. The summed E-state index contributed by atoms with van der Waals surface area (Å²) in [5.74, 6) is 3.21. The lowest BCUT2D eigenvalue weighted by Crippen LogP contribution is -2.43. The van der Waals surface area contributed by atoms with Gasteiger partial charge in [-0.15, -0.1) is 0 Å². The largest absolute Gasteiger partial charge is 0.439 e. The summed E-state index contributed by atoms with van der Waals surface area (Å²) in [5, 5.41) is 5.50. The van der Waals surface area contributed by atoms with Crippen molar-refractivity contribution in [1.82, 2.24) is 10.6 Å². The van der Waals surface area contributed by atoms with Crippen LogP contribution in [-0.2, 0) is 9.53 Å². The molecule has 2 N–H and O–H groups in total. The zero-order chi connectivity index (χ0) is 15.2. The predicted octanol–water partition coefficient (Wildman–Crippen LogP) is 2.19. The average molecular weight is 392 g/mol. The lowest BCUT2D eigenvalue weighted by Gasteiger charge is -2.20. The first kappa shape index (κ1) is 17.1. The number of carbonyl (C=O) groups excluding carboxylic acids is 2. The molecule has 1 rings (SSSR count). The molecule has 0 spiro atoms. The Labute approximate surface area is 133 Å². The molecule has 2 unspecified atom stereocenters. The van der Waals surface area contributed by atoms with Crippen molar-refractivity contribution in [3.05, 3.63) is 0 Å². The van der Waals surface area contributed by atoms with Crippen molar-refractivity contribution >= 4 is 34.6 Å². The van der Waals surface area contributed by atoms with E-state index in [4.69, 9.17) is 4.74 Å². The monoisotopic (exact) mass is 392 g/mol. The molecule has 2 atom stereocenters. The molecule has 0 bridgehead atoms. The molecule has 0 heterocycles. The average Bonchev–Trinajstić information content (AvgIpc) is 2.72. The maximum Gasteiger partial charge on any atom is 0.408 e. The number of ether oxygens (including phenoxy) is 1. The minimum atomic E-state index is -0.576. The molecule has 1 saturated carbocycles. The van der Waals surface area contributed by atoms with Crippen LogP contribution in [0.2, 0.25) is 0 Å². The van der Waals surface area contributed by atoms with Gasteiger partial charge in [0.15, 0.2) is 6.61 Å². The van der Waals surface area contributed by atoms with E-state index in [9.17, 15) is 9.59 Å². The fourth-order valence-electron chi connectivity index (χ4n) is 2.06. The van der Waals surface area contributed by atoms with E-state index in [1.807, 2.05) is 43.4 Å². The molecule has 0 aliphatic heterocycles. The fourth-order valence-corrected chi connectivity index (χ4v) is 2.50. The van der Waals surface area contributed by atoms with Gasteiger partial charge >= 0.3 is 6.09 Å². The number of hydrogen-bond acceptors (Lipinski definition) is 3. The van der Waals surface area contributed by atoms with Crippen LogP contribution < -0.4 is 10.6 Å². The summed E-state index contributed by atoms with van der Waals surface area (Å²) in [5.41, 5.74) is -0.371. The van der Waals surface area contributed by atoms with E-state index in [2.05, 4.69) is 20.5 Å². The quantitative estimate of drug-likeness (QED) is 0.572. The van der Waals surface area contributed by atoms with Crippen molar-refractivity contribution in [3.8, 4) is 9.85 Å². The zero-order valence-electron chi connectivity index (χ0n) is 12.1. The molecule has 0 aromatic carbocycles. The summed E-state index contributed by atoms with van der Waals surface area (Å²) in [6.45, 7) is 5.30. The Kier molecular flexibility index (Phi) is 6.59. The van der Waals surface area contributed by atoms with E-state index in [1.165, 1.54) is 0 Å². The number of alkyl carbamates (subject to hydrolysis) is 1. The van der Waals surface area contributed by atoms with Gasteiger partial charge in [0.1, 0.15) is 0 Å². The van der Waals surface area contributed by atoms with Gasteiger partial charge in [-0.2, -0.15) is 0 Å². The normalized spacial score (nSPS) is 21.6. The minimum absolute atomic E-state index is 0.138. The summed E-state index contributed by atoms with van der Waals surface area (Å²) in [6.07, 6.45) is 2.23. The van der Waals surface area contributed by atoms with Gasteiger partial charge in [0.2, 0.25) is 0 Å². The first-order valence-electron chi connectivity index (χ1n) is 6.65. The number of nitrogens with one attached hydrogen (secondary N) is 2. The van der Waals surface area contributed by atoms with Crippen LogP contribution in [0.15, 0.2) is 0 Å². The molecule has 2 amide bonds. The number of carbonyl (C=O) groups is 2. The molecule has 6 heteroatoms. The van der Waals surface area contributed by atoms with Gasteiger partial charge in [-0.25, -0.2) is 4.79 Å². The van der Waals surface area contributed by atoms with Crippen molar-refractivity contribution in [1.29, 1.82) is 0 Å². The fraction of sp³-hybridized carbons (Fsp3) is 0.714. The molecular formula is C14H21IN2O3. The smallest absolute Gasteiger partial charge is 0.408 e. The van der Waals surface area contributed by atoms with Crippen LogP contribution in [-0.4, -0.2) is 30.2 Å². The zero-order valence-corrected chi connectivity index (χ0v) is 14.2. The molecule has 112 valence electrons.